The molecule has 0 aliphatic rings. The molecule has 0 aromatic rings. The molecule has 0 bridgehead atoms. The normalized spacial score (nSPS) is 14.3. The van der Waals surface area contributed by atoms with Gasteiger partial charge in [0, 0.05) is 19.3 Å². The van der Waals surface area contributed by atoms with Crippen LogP contribution in [0.2, 0.25) is 0 Å². The van der Waals surface area contributed by atoms with Gasteiger partial charge in [-0.25, -0.2) is 9.13 Å². The van der Waals surface area contributed by atoms with Gasteiger partial charge in [-0.2, -0.15) is 0 Å². The van der Waals surface area contributed by atoms with Gasteiger partial charge in [0.1, 0.15) is 25.4 Å². The summed E-state index contributed by atoms with van der Waals surface area (Å²) in [4.78, 5) is 58.7. The first-order valence-corrected chi connectivity index (χ1v) is 47.5. The molecular weight excluding hydrogens is 1410 g/mol. The van der Waals surface area contributed by atoms with Gasteiger partial charge >= 0.3 is 33.6 Å². The van der Waals surface area contributed by atoms with Crippen LogP contribution in [-0.4, -0.2) is 95.9 Å². The highest BCUT2D eigenvalue weighted by molar-refractivity contribution is 7.47. The van der Waals surface area contributed by atoms with Crippen molar-refractivity contribution in [2.75, 3.05) is 39.6 Å². The zero-order valence-corrected chi connectivity index (χ0v) is 71.5. The number of rotatable bonds is 85. The molecule has 0 radical (unpaired) electrons. The molecule has 0 heterocycles. The lowest BCUT2D eigenvalue weighted by Crippen LogP contribution is -2.30. The van der Waals surface area contributed by atoms with E-state index < -0.39 is 91.5 Å². The molecule has 0 aliphatic carbocycles. The summed E-state index contributed by atoms with van der Waals surface area (Å²) in [6, 6.07) is 0. The van der Waals surface area contributed by atoms with Gasteiger partial charge in [0.15, 0.2) is 6.10 Å². The molecule has 0 fully saturated rings. The predicted octanol–water partition coefficient (Wildman–Crippen LogP) is 26.9. The molecule has 109 heavy (non-hydrogen) atoms. The van der Waals surface area contributed by atoms with Crippen molar-refractivity contribution < 1.29 is 75.8 Å². The number of esters is 3. The second kappa shape index (κ2) is 83.9. The zero-order chi connectivity index (χ0) is 79.4. The number of allylic oxidation sites excluding steroid dienone is 16. The van der Waals surface area contributed by atoms with Crippen LogP contribution in [0.3, 0.4) is 0 Å². The molecule has 0 aromatic carbocycles. The van der Waals surface area contributed by atoms with E-state index in [0.29, 0.717) is 19.3 Å². The summed E-state index contributed by atoms with van der Waals surface area (Å²) in [7, 11) is -9.78. The Kier molecular flexibility index (Phi) is 81.2. The maximum Gasteiger partial charge on any atom is 0.472 e. The van der Waals surface area contributed by atoms with Crippen molar-refractivity contribution in [3.8, 4) is 0 Å². The number of hydrogen-bond donors (Lipinski definition) is 4. The van der Waals surface area contributed by atoms with Crippen LogP contribution in [0.5, 0.6) is 0 Å². The van der Waals surface area contributed by atoms with Gasteiger partial charge in [-0.15, -0.1) is 0 Å². The molecule has 0 rings (SSSR count). The zero-order valence-electron chi connectivity index (χ0n) is 69.7. The Hall–Kier alpha value is -3.53. The van der Waals surface area contributed by atoms with Gasteiger partial charge in [0.25, 0.3) is 0 Å². The van der Waals surface area contributed by atoms with Crippen molar-refractivity contribution in [1.82, 2.24) is 0 Å². The number of carbonyl (C=O) groups excluding carboxylic acids is 3. The highest BCUT2D eigenvalue weighted by Gasteiger charge is 2.29. The summed E-state index contributed by atoms with van der Waals surface area (Å²) in [6.45, 7) is 2.68. The van der Waals surface area contributed by atoms with Gasteiger partial charge in [0.05, 0.1) is 26.4 Å². The smallest absolute Gasteiger partial charge is 0.463 e. The molecular formula is C91H164O16P2. The molecule has 0 aliphatic heterocycles. The lowest BCUT2D eigenvalue weighted by Gasteiger charge is -2.21. The van der Waals surface area contributed by atoms with Gasteiger partial charge in [0.2, 0.25) is 0 Å². The topological polar surface area (TPSA) is 231 Å². The van der Waals surface area contributed by atoms with E-state index in [2.05, 4.69) is 118 Å². The minimum Gasteiger partial charge on any atom is -0.463 e. The summed E-state index contributed by atoms with van der Waals surface area (Å²) in [5.74, 6) is -1.55. The average Bonchev–Trinajstić information content (AvgIpc) is 0.837. The van der Waals surface area contributed by atoms with Gasteiger partial charge in [-0.05, 0) is 109 Å². The summed E-state index contributed by atoms with van der Waals surface area (Å²) in [5, 5.41) is 20.7. The van der Waals surface area contributed by atoms with Crippen molar-refractivity contribution >= 4 is 33.6 Å². The molecule has 0 saturated heterocycles. The number of hydrogen-bond acceptors (Lipinski definition) is 14. The van der Waals surface area contributed by atoms with E-state index in [1.165, 1.54) is 244 Å². The number of phosphoric acid groups is 2. The van der Waals surface area contributed by atoms with E-state index in [-0.39, 0.29) is 19.3 Å². The number of unbranched alkanes of at least 4 members (excludes halogenated alkanes) is 46. The third-order valence-electron chi connectivity index (χ3n) is 19.3. The Labute approximate surface area is 667 Å². The van der Waals surface area contributed by atoms with Crippen LogP contribution in [-0.2, 0) is 55.8 Å². The molecule has 634 valence electrons. The first kappa shape index (κ1) is 105. The van der Waals surface area contributed by atoms with Crippen molar-refractivity contribution in [3.63, 3.8) is 0 Å². The second-order valence-electron chi connectivity index (χ2n) is 30.1. The largest absolute Gasteiger partial charge is 0.472 e. The highest BCUT2D eigenvalue weighted by Crippen LogP contribution is 2.45. The summed E-state index contributed by atoms with van der Waals surface area (Å²) in [6.07, 6.45) is 99.1. The molecule has 0 spiro atoms. The predicted molar refractivity (Wildman–Crippen MR) is 454 cm³/mol. The Balaban J connectivity index is 4.35. The number of aliphatic hydroxyl groups is 2. The van der Waals surface area contributed by atoms with Crippen molar-refractivity contribution in [2.45, 2.75) is 424 Å². The first-order valence-electron chi connectivity index (χ1n) is 44.5. The van der Waals surface area contributed by atoms with Crippen LogP contribution in [0.15, 0.2) is 97.2 Å². The van der Waals surface area contributed by atoms with Crippen molar-refractivity contribution in [2.24, 2.45) is 0 Å². The van der Waals surface area contributed by atoms with Crippen molar-refractivity contribution in [3.05, 3.63) is 97.2 Å². The fourth-order valence-corrected chi connectivity index (χ4v) is 14.1. The highest BCUT2D eigenvalue weighted by atomic mass is 31.2. The quantitative estimate of drug-likeness (QED) is 0.0146. The Bertz CT molecular complexity index is 2370. The molecule has 0 saturated carbocycles. The Morgan fingerprint density at radius 2 is 0.459 bits per heavy atom. The Morgan fingerprint density at radius 1 is 0.257 bits per heavy atom. The lowest BCUT2D eigenvalue weighted by atomic mass is 10.0. The van der Waals surface area contributed by atoms with E-state index in [4.69, 9.17) is 32.3 Å². The van der Waals surface area contributed by atoms with E-state index in [1.54, 1.807) is 0 Å². The monoisotopic (exact) mass is 1580 g/mol. The van der Waals surface area contributed by atoms with Crippen LogP contribution in [0, 0.1) is 0 Å². The molecule has 5 atom stereocenters. The van der Waals surface area contributed by atoms with Crippen LogP contribution < -0.4 is 0 Å². The van der Waals surface area contributed by atoms with E-state index in [1.807, 2.05) is 0 Å². The van der Waals surface area contributed by atoms with Crippen molar-refractivity contribution in [1.29, 1.82) is 0 Å². The van der Waals surface area contributed by atoms with E-state index in [0.717, 1.165) is 103 Å². The first-order chi connectivity index (χ1) is 53.2. The van der Waals surface area contributed by atoms with Gasteiger partial charge < -0.3 is 34.2 Å². The summed E-state index contributed by atoms with van der Waals surface area (Å²) < 4.78 is 61.3. The molecule has 0 aromatic heterocycles. The molecule has 18 heteroatoms. The van der Waals surface area contributed by atoms with E-state index in [9.17, 15) is 43.5 Å². The number of ether oxygens (including phenoxy) is 3. The third-order valence-corrected chi connectivity index (χ3v) is 21.2. The summed E-state index contributed by atoms with van der Waals surface area (Å²) >= 11 is 0. The Morgan fingerprint density at radius 3 is 0.743 bits per heavy atom. The van der Waals surface area contributed by atoms with Crippen LogP contribution in [0.1, 0.15) is 406 Å². The SMILES string of the molecule is CCCCC/C=C\C/C=C\C/C=C\C/C=C\CCCCCCCCCCCCCCCCCC(=O)OCC(O)COP(=O)(O)OCC(O)COP(=O)(O)OCC(COC(=O)CCCCCCCCCCCCCCCCC/C=C\C/C=C\C/C=C\C/C=C\CCCCC)OC(=O)CCCCCCCCCCCCC. The molecule has 0 amide bonds. The molecule has 4 N–H and O–H groups in total. The van der Waals surface area contributed by atoms with E-state index >= 15 is 0 Å². The lowest BCUT2D eigenvalue weighted by molar-refractivity contribution is -0.161. The third kappa shape index (κ3) is 85.2. The fourth-order valence-electron chi connectivity index (χ4n) is 12.5. The minimum absolute atomic E-state index is 0.109. The standard InChI is InChI=1S/C91H164O16P2/c1-4-7-10-13-16-19-22-24-26-28-30-32-34-36-38-40-42-44-46-48-50-52-54-56-58-60-63-65-68-71-74-77-89(94)101-80-86(92)81-103-108(97,98)104-82-87(93)83-105-109(99,100)106-85-88(107-91(96)79-76-73-70-67-62-21-18-15-12-9-6-3)84-102-90(95)78-75-72-69-66-64-61-59-57-55-53-51-49-47-45-43-41-39-37-35-33-31-29-27-25-23-20-17-14-11-8-5-2/h16-17,19-20,24-27,30-33,36-39,86-88,92-93H,4-15,18,21-23,28-29,34-35,40-85H2,1-3H3,(H,97,98)(H,99,100)/b19-16-,20-17-,26-24-,27-25-,32-30-,33-31-,38-36-,39-37-. The van der Waals surface area contributed by atoms with Crippen LogP contribution >= 0.6 is 15.6 Å². The summed E-state index contributed by atoms with van der Waals surface area (Å²) in [5.41, 5.74) is 0. The molecule has 5 unspecified atom stereocenters. The van der Waals surface area contributed by atoms with Crippen LogP contribution in [0.25, 0.3) is 0 Å². The number of carbonyl (C=O) groups is 3. The maximum absolute atomic E-state index is 13.0. The number of aliphatic hydroxyl groups excluding tert-OH is 2. The molecule has 16 nitrogen and oxygen atoms in total. The fraction of sp³-hybridized carbons (Fsp3) is 0.791. The minimum atomic E-state index is -4.93. The van der Waals surface area contributed by atoms with Gasteiger partial charge in [-0.1, -0.05) is 375 Å². The number of phosphoric ester groups is 2. The van der Waals surface area contributed by atoms with Crippen LogP contribution in [0.4, 0.5) is 0 Å². The second-order valence-corrected chi connectivity index (χ2v) is 33.0. The van der Waals surface area contributed by atoms with Gasteiger partial charge in [-0.3, -0.25) is 32.5 Å². The average molecular weight is 1580 g/mol. The maximum atomic E-state index is 13.0.